The van der Waals surface area contributed by atoms with Gasteiger partial charge >= 0.3 is 12.1 Å². The number of carbonyl (C=O) groups is 2. The van der Waals surface area contributed by atoms with E-state index in [1.807, 2.05) is 11.0 Å². The monoisotopic (exact) mass is 442 g/mol. The van der Waals surface area contributed by atoms with E-state index in [2.05, 4.69) is 14.9 Å². The van der Waals surface area contributed by atoms with E-state index in [1.54, 1.807) is 24.5 Å². The number of carboxylic acid groups (broad SMARTS) is 1. The Morgan fingerprint density at radius 1 is 1.13 bits per heavy atom. The zero-order valence-corrected chi connectivity index (χ0v) is 16.4. The van der Waals surface area contributed by atoms with Gasteiger partial charge in [0, 0.05) is 44.0 Å². The highest BCUT2D eigenvalue weighted by Gasteiger charge is 2.43. The van der Waals surface area contributed by atoms with E-state index in [9.17, 15) is 18.0 Å². The average molecular weight is 442 g/mol. The second kappa shape index (κ2) is 9.33. The van der Waals surface area contributed by atoms with Gasteiger partial charge in [-0.3, -0.25) is 4.79 Å². The van der Waals surface area contributed by atoms with Gasteiger partial charge in [0.05, 0.1) is 19.5 Å². The van der Waals surface area contributed by atoms with Crippen molar-refractivity contribution in [2.24, 2.45) is 5.41 Å². The Labute approximate surface area is 175 Å². The molecule has 2 saturated heterocycles. The first-order chi connectivity index (χ1) is 14.7. The van der Waals surface area contributed by atoms with E-state index < -0.39 is 12.1 Å². The number of alkyl halides is 3. The molecule has 0 aliphatic carbocycles. The number of rotatable bonds is 2. The van der Waals surface area contributed by atoms with E-state index in [1.165, 1.54) is 6.26 Å². The maximum atomic E-state index is 12.6. The fourth-order valence-corrected chi connectivity index (χ4v) is 3.53. The second-order valence-corrected chi connectivity index (χ2v) is 7.28. The molecule has 168 valence electrons. The summed E-state index contributed by atoms with van der Waals surface area (Å²) < 4.78 is 42.8. The van der Waals surface area contributed by atoms with Gasteiger partial charge < -0.3 is 24.1 Å². The van der Waals surface area contributed by atoms with Gasteiger partial charge in [-0.25, -0.2) is 14.8 Å². The molecule has 2 aliphatic rings. The highest BCUT2D eigenvalue weighted by atomic mass is 19.4. The van der Waals surface area contributed by atoms with Crippen LogP contribution in [0.4, 0.5) is 19.1 Å². The number of halogens is 3. The summed E-state index contributed by atoms with van der Waals surface area (Å²) >= 11 is 0. The van der Waals surface area contributed by atoms with Gasteiger partial charge in [-0.1, -0.05) is 0 Å². The van der Waals surface area contributed by atoms with Crippen molar-refractivity contribution in [2.45, 2.75) is 12.6 Å². The van der Waals surface area contributed by atoms with Gasteiger partial charge in [0.15, 0.2) is 5.76 Å². The number of ether oxygens (including phenoxy) is 1. The van der Waals surface area contributed by atoms with Crippen LogP contribution in [-0.4, -0.2) is 77.4 Å². The molecule has 0 radical (unpaired) electrons. The first-order valence-electron chi connectivity index (χ1n) is 9.43. The van der Waals surface area contributed by atoms with Crippen LogP contribution in [0, 0.1) is 5.41 Å². The predicted molar refractivity (Wildman–Crippen MR) is 100 cm³/mol. The lowest BCUT2D eigenvalue weighted by atomic mass is 9.87. The minimum atomic E-state index is -5.08. The molecule has 4 rings (SSSR count). The third-order valence-corrected chi connectivity index (χ3v) is 4.98. The summed E-state index contributed by atoms with van der Waals surface area (Å²) in [5, 5.41) is 7.12. The number of carboxylic acids is 1. The highest BCUT2D eigenvalue weighted by molar-refractivity contribution is 5.91. The topological polar surface area (TPSA) is 109 Å². The third-order valence-electron chi connectivity index (χ3n) is 4.98. The van der Waals surface area contributed by atoms with Crippen molar-refractivity contribution in [3.8, 4) is 0 Å². The molecule has 1 amide bonds. The van der Waals surface area contributed by atoms with Crippen molar-refractivity contribution in [1.82, 2.24) is 14.9 Å². The molecular formula is C19H21F3N4O5. The van der Waals surface area contributed by atoms with Crippen molar-refractivity contribution >= 4 is 17.8 Å². The fourth-order valence-electron chi connectivity index (χ4n) is 3.53. The molecule has 0 aromatic carbocycles. The van der Waals surface area contributed by atoms with E-state index in [4.69, 9.17) is 19.1 Å². The Morgan fingerprint density at radius 2 is 1.84 bits per heavy atom. The lowest BCUT2D eigenvalue weighted by molar-refractivity contribution is -0.192. The van der Waals surface area contributed by atoms with Crippen LogP contribution in [-0.2, 0) is 9.53 Å². The summed E-state index contributed by atoms with van der Waals surface area (Å²) in [6.45, 7) is 4.11. The first kappa shape index (κ1) is 22.5. The van der Waals surface area contributed by atoms with Crippen LogP contribution in [0.15, 0.2) is 41.3 Å². The van der Waals surface area contributed by atoms with Crippen LogP contribution in [0.2, 0.25) is 0 Å². The zero-order chi connectivity index (χ0) is 22.5. The number of aliphatic carboxylic acids is 1. The summed E-state index contributed by atoms with van der Waals surface area (Å²) in [6, 6.07) is 5.26. The molecule has 4 heterocycles. The quantitative estimate of drug-likeness (QED) is 0.753. The highest BCUT2D eigenvalue weighted by Crippen LogP contribution is 2.35. The van der Waals surface area contributed by atoms with E-state index in [0.717, 1.165) is 25.5 Å². The Morgan fingerprint density at radius 3 is 2.45 bits per heavy atom. The molecule has 31 heavy (non-hydrogen) atoms. The number of amides is 1. The maximum Gasteiger partial charge on any atom is 0.490 e. The molecule has 0 saturated carbocycles. The Hall–Kier alpha value is -3.15. The van der Waals surface area contributed by atoms with Crippen molar-refractivity contribution in [3.05, 3.63) is 42.6 Å². The molecular weight excluding hydrogens is 421 g/mol. The normalized spacial score (nSPS) is 21.4. The van der Waals surface area contributed by atoms with Gasteiger partial charge in [-0.15, -0.1) is 0 Å². The Kier molecular flexibility index (Phi) is 6.78. The maximum absolute atomic E-state index is 12.6. The first-order valence-corrected chi connectivity index (χ1v) is 9.43. The number of anilines is 1. The largest absolute Gasteiger partial charge is 0.490 e. The summed E-state index contributed by atoms with van der Waals surface area (Å²) in [5.74, 6) is -1.71. The minimum Gasteiger partial charge on any atom is -0.475 e. The smallest absolute Gasteiger partial charge is 0.475 e. The van der Waals surface area contributed by atoms with Gasteiger partial charge in [-0.2, -0.15) is 13.2 Å². The SMILES string of the molecule is O=C(O)C(F)(F)F.O=C(c1ccco1)N1CCOCC2(CCN(c3ncccn3)C2)C1. The van der Waals surface area contributed by atoms with Crippen LogP contribution in [0.3, 0.4) is 0 Å². The summed E-state index contributed by atoms with van der Waals surface area (Å²) in [6.07, 6.45) is 0.905. The van der Waals surface area contributed by atoms with Crippen LogP contribution >= 0.6 is 0 Å². The van der Waals surface area contributed by atoms with E-state index in [-0.39, 0.29) is 11.3 Å². The van der Waals surface area contributed by atoms with E-state index in [0.29, 0.717) is 32.1 Å². The van der Waals surface area contributed by atoms with Crippen molar-refractivity contribution in [2.75, 3.05) is 44.3 Å². The zero-order valence-electron chi connectivity index (χ0n) is 16.4. The molecule has 2 aliphatic heterocycles. The number of carbonyl (C=O) groups excluding carboxylic acids is 1. The molecule has 2 fully saturated rings. The Bertz CT molecular complexity index is 878. The van der Waals surface area contributed by atoms with Gasteiger partial charge in [-0.05, 0) is 24.6 Å². The lowest BCUT2D eigenvalue weighted by Gasteiger charge is -2.31. The molecule has 2 aromatic rings. The minimum absolute atomic E-state index is 0.0701. The lowest BCUT2D eigenvalue weighted by Crippen LogP contribution is -2.43. The summed E-state index contributed by atoms with van der Waals surface area (Å²) in [7, 11) is 0. The van der Waals surface area contributed by atoms with Gasteiger partial charge in [0.25, 0.3) is 5.91 Å². The fraction of sp³-hybridized carbons (Fsp3) is 0.474. The van der Waals surface area contributed by atoms with Gasteiger partial charge in [0.2, 0.25) is 5.95 Å². The molecule has 12 heteroatoms. The molecule has 1 N–H and O–H groups in total. The van der Waals surface area contributed by atoms with Crippen molar-refractivity contribution < 1.29 is 37.0 Å². The van der Waals surface area contributed by atoms with Crippen LogP contribution in [0.5, 0.6) is 0 Å². The summed E-state index contributed by atoms with van der Waals surface area (Å²) in [5.41, 5.74) is -0.0854. The molecule has 9 nitrogen and oxygen atoms in total. The van der Waals surface area contributed by atoms with Crippen LogP contribution in [0.25, 0.3) is 0 Å². The molecule has 1 unspecified atom stereocenters. The number of hydrogen-bond donors (Lipinski definition) is 1. The number of aromatic nitrogens is 2. The molecule has 1 atom stereocenters. The number of nitrogens with zero attached hydrogens (tertiary/aromatic N) is 4. The van der Waals surface area contributed by atoms with E-state index >= 15 is 0 Å². The van der Waals surface area contributed by atoms with Crippen molar-refractivity contribution in [3.63, 3.8) is 0 Å². The second-order valence-electron chi connectivity index (χ2n) is 7.28. The van der Waals surface area contributed by atoms with Crippen LogP contribution < -0.4 is 4.90 Å². The molecule has 1 spiro atoms. The number of furan rings is 1. The number of hydrogen-bond acceptors (Lipinski definition) is 7. The predicted octanol–water partition coefficient (Wildman–Crippen LogP) is 2.07. The molecule has 0 bridgehead atoms. The van der Waals surface area contributed by atoms with Crippen LogP contribution in [0.1, 0.15) is 17.0 Å². The summed E-state index contributed by atoms with van der Waals surface area (Å²) in [4.78, 5) is 34.2. The average Bonchev–Trinajstić information content (AvgIpc) is 3.36. The molecule has 2 aromatic heterocycles. The third kappa shape index (κ3) is 5.72. The van der Waals surface area contributed by atoms with Crippen molar-refractivity contribution in [1.29, 1.82) is 0 Å². The standard InChI is InChI=1S/C17H20N4O3.C2HF3O2/c22-15(14-3-1-9-24-14)20-8-10-23-13-17(11-20)4-7-21(12-17)16-18-5-2-6-19-16;3-2(4,5)1(6)7/h1-3,5-6,9H,4,7-8,10-13H2;(H,6,7). The Balaban J connectivity index is 0.000000339. The van der Waals surface area contributed by atoms with Gasteiger partial charge in [0.1, 0.15) is 0 Å².